The van der Waals surface area contributed by atoms with E-state index in [9.17, 15) is 18.4 Å². The molecule has 1 aromatic carbocycles. The van der Waals surface area contributed by atoms with Crippen molar-refractivity contribution in [2.45, 2.75) is 77.3 Å². The molecule has 0 saturated carbocycles. The molecule has 0 bridgehead atoms. The number of likely N-dealkylation sites (N-methyl/N-ethyl adjacent to an activating group) is 1. The van der Waals surface area contributed by atoms with Crippen LogP contribution in [0.4, 0.5) is 16.2 Å². The first kappa shape index (κ1) is 25.0. The third-order valence-electron chi connectivity index (χ3n) is 7.63. The predicted molar refractivity (Wildman–Crippen MR) is 139 cm³/mol. The molecule has 1 fully saturated rings. The molecule has 0 radical (unpaired) electrons. The van der Waals surface area contributed by atoms with Gasteiger partial charge in [0.05, 0.1) is 17.9 Å². The number of nitrogens with zero attached hydrogens (tertiary/aromatic N) is 5. The number of carbonyl (C=O) groups is 1. The average molecular weight is 516 g/mol. The van der Waals surface area contributed by atoms with Gasteiger partial charge in [-0.1, -0.05) is 6.07 Å². The zero-order valence-corrected chi connectivity index (χ0v) is 22.1. The lowest BCUT2D eigenvalue weighted by molar-refractivity contribution is 0.241. The van der Waals surface area contributed by atoms with E-state index in [1.807, 2.05) is 25.8 Å². The fraction of sp³-hybridized carbons (Fsp3) is 0.600. The first-order valence-corrected chi connectivity index (χ1v) is 14.3. The Balaban J connectivity index is 1.47. The Bertz CT molecular complexity index is 1230. The Morgan fingerprint density at radius 1 is 1.14 bits per heavy atom. The summed E-state index contributed by atoms with van der Waals surface area (Å²) in [5, 5.41) is 20.3. The van der Waals surface area contributed by atoms with Gasteiger partial charge in [-0.05, 0) is 101 Å². The zero-order chi connectivity index (χ0) is 25.6. The number of hydroxylamine groups is 1. The van der Waals surface area contributed by atoms with Gasteiger partial charge in [-0.25, -0.2) is 9.10 Å². The molecule has 11 heteroatoms. The Labute approximate surface area is 213 Å². The number of urea groups is 1. The van der Waals surface area contributed by atoms with E-state index in [0.717, 1.165) is 66.9 Å². The topological polar surface area (TPSA) is 114 Å². The van der Waals surface area contributed by atoms with Crippen LogP contribution in [0, 0.1) is 5.21 Å². The van der Waals surface area contributed by atoms with Gasteiger partial charge in [-0.15, -0.1) is 0 Å². The summed E-state index contributed by atoms with van der Waals surface area (Å²) < 4.78 is 29.9. The Morgan fingerprint density at radius 3 is 2.39 bits per heavy atom. The van der Waals surface area contributed by atoms with Gasteiger partial charge in [0.2, 0.25) is 0 Å². The zero-order valence-electron chi connectivity index (χ0n) is 21.2. The monoisotopic (exact) mass is 515 g/mol. The van der Waals surface area contributed by atoms with Crippen molar-refractivity contribution in [1.82, 2.24) is 19.1 Å². The van der Waals surface area contributed by atoms with Crippen molar-refractivity contribution in [3.8, 4) is 0 Å². The summed E-state index contributed by atoms with van der Waals surface area (Å²) in [5.74, 6) is 0. The summed E-state index contributed by atoms with van der Waals surface area (Å²) in [6.07, 6.45) is 9.95. The molecule has 3 aliphatic rings. The van der Waals surface area contributed by atoms with E-state index in [4.69, 9.17) is 0 Å². The highest BCUT2D eigenvalue weighted by atomic mass is 32.2. The second-order valence-electron chi connectivity index (χ2n) is 10.5. The lowest BCUT2D eigenvalue weighted by atomic mass is 9.99. The highest BCUT2D eigenvalue weighted by Gasteiger charge is 2.37. The molecule has 1 saturated heterocycles. The van der Waals surface area contributed by atoms with Crippen LogP contribution in [-0.4, -0.2) is 59.8 Å². The number of hydrogen-bond acceptors (Lipinski definition) is 6. The van der Waals surface area contributed by atoms with Gasteiger partial charge in [0.15, 0.2) is 0 Å². The minimum absolute atomic E-state index is 0.0197. The molecule has 1 N–H and O–H groups in total. The van der Waals surface area contributed by atoms with Gasteiger partial charge in [-0.3, -0.25) is 9.15 Å². The standard InChI is InChI=1S/C25H35N6O4S/c1-17(2)29-16-21(14-26-29)30(20-9-6-12-28(3)15-20)36(34,35)31(33)25(32)27-24-22-10-4-7-18(22)13-19-8-5-11-23(19)24/h13-14,16-17,20H,4-12,15H2,1-3H3,(H,27,32)/q-1. The van der Waals surface area contributed by atoms with Crippen LogP contribution in [0.1, 0.15) is 67.8 Å². The number of amides is 2. The van der Waals surface area contributed by atoms with E-state index >= 15 is 0 Å². The molecule has 0 spiro atoms. The Kier molecular flexibility index (Phi) is 6.73. The number of aromatic nitrogens is 2. The number of rotatable bonds is 6. The van der Waals surface area contributed by atoms with Crippen molar-refractivity contribution in [2.24, 2.45) is 0 Å². The van der Waals surface area contributed by atoms with E-state index in [1.165, 1.54) is 17.3 Å². The largest absolute Gasteiger partial charge is 0.740 e. The van der Waals surface area contributed by atoms with Crippen LogP contribution in [0.5, 0.6) is 0 Å². The molecule has 196 valence electrons. The van der Waals surface area contributed by atoms with Gasteiger partial charge in [0.1, 0.15) is 0 Å². The minimum Gasteiger partial charge on any atom is -0.740 e. The maximum Gasteiger partial charge on any atom is 0.326 e. The van der Waals surface area contributed by atoms with Gasteiger partial charge in [0, 0.05) is 24.5 Å². The molecular weight excluding hydrogens is 480 g/mol. The first-order chi connectivity index (χ1) is 17.2. The highest BCUT2D eigenvalue weighted by molar-refractivity contribution is 7.91. The lowest BCUT2D eigenvalue weighted by Gasteiger charge is -2.41. The maximum absolute atomic E-state index is 13.7. The quantitative estimate of drug-likeness (QED) is 0.588. The molecule has 2 amide bonds. The smallest absolute Gasteiger partial charge is 0.326 e. The number of anilines is 2. The van der Waals surface area contributed by atoms with Gasteiger partial charge in [-0.2, -0.15) is 13.5 Å². The van der Waals surface area contributed by atoms with E-state index in [1.54, 1.807) is 10.9 Å². The van der Waals surface area contributed by atoms with Crippen LogP contribution in [0.3, 0.4) is 0 Å². The number of hydrogen-bond donors (Lipinski definition) is 1. The van der Waals surface area contributed by atoms with Crippen LogP contribution in [0.25, 0.3) is 0 Å². The summed E-state index contributed by atoms with van der Waals surface area (Å²) in [5.41, 5.74) is 5.41. The fourth-order valence-electron chi connectivity index (χ4n) is 5.89. The molecule has 36 heavy (non-hydrogen) atoms. The second kappa shape index (κ2) is 9.68. The number of piperidine rings is 1. The highest BCUT2D eigenvalue weighted by Crippen LogP contribution is 2.39. The number of nitrogens with one attached hydrogen (secondary N) is 1. The maximum atomic E-state index is 13.7. The number of likely N-dealkylation sites (tertiary alicyclic amines) is 1. The molecule has 1 unspecified atom stereocenters. The number of benzene rings is 1. The number of carbonyl (C=O) groups excluding carboxylic acids is 1. The second-order valence-corrected chi connectivity index (χ2v) is 12.1. The molecule has 1 aromatic heterocycles. The van der Waals surface area contributed by atoms with Crippen molar-refractivity contribution in [3.63, 3.8) is 0 Å². The molecule has 2 aliphatic carbocycles. The third-order valence-corrected chi connectivity index (χ3v) is 9.22. The van der Waals surface area contributed by atoms with Gasteiger partial charge >= 0.3 is 16.2 Å². The van der Waals surface area contributed by atoms with Crippen molar-refractivity contribution in [1.29, 1.82) is 0 Å². The molecule has 2 heterocycles. The van der Waals surface area contributed by atoms with Crippen LogP contribution >= 0.6 is 0 Å². The summed E-state index contributed by atoms with van der Waals surface area (Å²) in [4.78, 5) is 15.3. The van der Waals surface area contributed by atoms with Crippen molar-refractivity contribution < 1.29 is 13.2 Å². The van der Waals surface area contributed by atoms with Crippen LogP contribution in [0.15, 0.2) is 18.5 Å². The predicted octanol–water partition coefficient (Wildman–Crippen LogP) is 3.62. The summed E-state index contributed by atoms with van der Waals surface area (Å²) in [7, 11) is -2.79. The molecule has 1 aliphatic heterocycles. The number of aryl methyl sites for hydroxylation is 2. The molecule has 5 rings (SSSR count). The summed E-state index contributed by atoms with van der Waals surface area (Å²) >= 11 is 0. The average Bonchev–Trinajstić information content (AvgIpc) is 3.59. The van der Waals surface area contributed by atoms with Gasteiger partial charge < -0.3 is 15.4 Å². The first-order valence-electron chi connectivity index (χ1n) is 12.9. The SMILES string of the molecule is CC(C)n1cc(N(C2CCCN(C)C2)S(=O)(=O)N([O-])C(=O)Nc2c3c(cc4c2CCC4)CCC3)cn1. The van der Waals surface area contributed by atoms with Crippen molar-refractivity contribution in [3.05, 3.63) is 45.9 Å². The fourth-order valence-corrected chi connectivity index (χ4v) is 7.22. The van der Waals surface area contributed by atoms with E-state index in [-0.39, 0.29) is 10.5 Å². The van der Waals surface area contributed by atoms with Crippen LogP contribution < -0.4 is 9.62 Å². The molecule has 10 nitrogen and oxygen atoms in total. The number of fused-ring (bicyclic) bond motifs is 2. The van der Waals surface area contributed by atoms with Crippen molar-refractivity contribution >= 4 is 27.6 Å². The third kappa shape index (κ3) is 4.48. The molecule has 1 atom stereocenters. The lowest BCUT2D eigenvalue weighted by Crippen LogP contribution is -2.54. The van der Waals surface area contributed by atoms with Crippen LogP contribution in [-0.2, 0) is 35.9 Å². The molecular formula is C25H35N6O4S-. The van der Waals surface area contributed by atoms with E-state index < -0.39 is 22.3 Å². The summed E-state index contributed by atoms with van der Waals surface area (Å²) in [6, 6.07) is 0.591. The Morgan fingerprint density at radius 2 is 1.81 bits per heavy atom. The van der Waals surface area contributed by atoms with Crippen LogP contribution in [0.2, 0.25) is 0 Å². The van der Waals surface area contributed by atoms with E-state index in [2.05, 4.69) is 16.5 Å². The normalized spacial score (nSPS) is 19.9. The molecule has 2 aromatic rings. The van der Waals surface area contributed by atoms with Crippen molar-refractivity contribution in [2.75, 3.05) is 29.8 Å². The van der Waals surface area contributed by atoms with E-state index in [0.29, 0.717) is 24.3 Å². The minimum atomic E-state index is -4.72. The summed E-state index contributed by atoms with van der Waals surface area (Å²) in [6.45, 7) is 5.19. The Hall–Kier alpha value is -2.63. The van der Waals surface area contributed by atoms with Gasteiger partial charge in [0.25, 0.3) is 0 Å².